The van der Waals surface area contributed by atoms with Crippen LogP contribution in [-0.2, 0) is 6.54 Å². The number of rotatable bonds is 5. The van der Waals surface area contributed by atoms with Crippen LogP contribution in [-0.4, -0.2) is 25.6 Å². The molecule has 1 aromatic rings. The van der Waals surface area contributed by atoms with Crippen molar-refractivity contribution in [2.24, 2.45) is 5.92 Å². The Labute approximate surface area is 97.9 Å². The second-order valence-electron chi connectivity index (χ2n) is 4.71. The number of hydrogen-bond donors (Lipinski definition) is 1. The Morgan fingerprint density at radius 2 is 2.31 bits per heavy atom. The van der Waals surface area contributed by atoms with Gasteiger partial charge in [-0.2, -0.15) is 0 Å². The van der Waals surface area contributed by atoms with E-state index in [1.807, 2.05) is 13.2 Å². The molecule has 0 spiro atoms. The second-order valence-corrected chi connectivity index (χ2v) is 4.71. The molecule has 1 heterocycles. The van der Waals surface area contributed by atoms with E-state index in [0.29, 0.717) is 0 Å². The summed E-state index contributed by atoms with van der Waals surface area (Å²) in [5.74, 6) is 0.908. The minimum absolute atomic E-state index is 0.838. The molecule has 1 aliphatic rings. The number of pyridine rings is 1. The number of hydrogen-bond acceptors (Lipinski definition) is 3. The summed E-state index contributed by atoms with van der Waals surface area (Å²) in [6.45, 7) is 2.02. The molecule has 88 valence electrons. The summed E-state index contributed by atoms with van der Waals surface area (Å²) in [7, 11) is 4.13. The monoisotopic (exact) mass is 219 g/mol. The molecule has 0 aliphatic heterocycles. The Bertz CT molecular complexity index is 334. The predicted molar refractivity (Wildman–Crippen MR) is 67.6 cm³/mol. The number of nitrogens with one attached hydrogen (secondary N) is 1. The molecule has 3 heteroatoms. The lowest BCUT2D eigenvalue weighted by Crippen LogP contribution is -2.29. The second kappa shape index (κ2) is 5.30. The van der Waals surface area contributed by atoms with Crippen molar-refractivity contribution in [2.75, 3.05) is 25.5 Å². The lowest BCUT2D eigenvalue weighted by atomic mass is 9.85. The zero-order chi connectivity index (χ0) is 11.4. The van der Waals surface area contributed by atoms with E-state index in [4.69, 9.17) is 0 Å². The molecule has 3 nitrogen and oxygen atoms in total. The predicted octanol–water partition coefficient (Wildman–Crippen LogP) is 2.04. The molecule has 2 rings (SSSR count). The third-order valence-electron chi connectivity index (χ3n) is 3.36. The Hall–Kier alpha value is -1.09. The standard InChI is InChI=1S/C13H21N3/c1-14-9-12-8-13(6-7-15-12)16(2)10-11-4-3-5-11/h6-8,11,14H,3-5,9-10H2,1-2H3. The van der Waals surface area contributed by atoms with Gasteiger partial charge in [0.05, 0.1) is 5.69 Å². The van der Waals surface area contributed by atoms with E-state index in [2.05, 4.69) is 34.4 Å². The van der Waals surface area contributed by atoms with Gasteiger partial charge in [-0.1, -0.05) is 6.42 Å². The SMILES string of the molecule is CNCc1cc(N(C)CC2CCC2)ccn1. The van der Waals surface area contributed by atoms with Crippen LogP contribution in [0, 0.1) is 5.92 Å². The van der Waals surface area contributed by atoms with Crippen molar-refractivity contribution in [3.63, 3.8) is 0 Å². The summed E-state index contributed by atoms with van der Waals surface area (Å²) in [5, 5.41) is 3.13. The lowest BCUT2D eigenvalue weighted by Gasteiger charge is -2.31. The first-order valence-electron chi connectivity index (χ1n) is 6.10. The molecule has 0 bridgehead atoms. The Morgan fingerprint density at radius 3 is 2.94 bits per heavy atom. The smallest absolute Gasteiger partial charge is 0.0562 e. The van der Waals surface area contributed by atoms with Crippen LogP contribution >= 0.6 is 0 Å². The molecule has 1 aromatic heterocycles. The first-order valence-corrected chi connectivity index (χ1v) is 6.10. The van der Waals surface area contributed by atoms with E-state index in [-0.39, 0.29) is 0 Å². The molecular formula is C13H21N3. The average Bonchev–Trinajstić information content (AvgIpc) is 2.24. The van der Waals surface area contributed by atoms with Gasteiger partial charge in [-0.25, -0.2) is 0 Å². The third-order valence-corrected chi connectivity index (χ3v) is 3.36. The molecule has 1 saturated carbocycles. The zero-order valence-corrected chi connectivity index (χ0v) is 10.2. The van der Waals surface area contributed by atoms with Crippen LogP contribution in [0.2, 0.25) is 0 Å². The quantitative estimate of drug-likeness (QED) is 0.821. The summed E-state index contributed by atoms with van der Waals surface area (Å²) < 4.78 is 0. The summed E-state index contributed by atoms with van der Waals surface area (Å²) in [6.07, 6.45) is 6.12. The number of anilines is 1. The highest BCUT2D eigenvalue weighted by molar-refractivity contribution is 5.45. The topological polar surface area (TPSA) is 28.2 Å². The number of aromatic nitrogens is 1. The summed E-state index contributed by atoms with van der Waals surface area (Å²) in [6, 6.07) is 4.27. The van der Waals surface area contributed by atoms with Crippen molar-refractivity contribution in [1.29, 1.82) is 0 Å². The number of nitrogens with zero attached hydrogens (tertiary/aromatic N) is 2. The highest BCUT2D eigenvalue weighted by Crippen LogP contribution is 2.28. The van der Waals surface area contributed by atoms with Crippen LogP contribution in [0.3, 0.4) is 0 Å². The normalized spacial score (nSPS) is 15.9. The van der Waals surface area contributed by atoms with E-state index >= 15 is 0 Å². The molecule has 0 atom stereocenters. The van der Waals surface area contributed by atoms with Gasteiger partial charge in [0.1, 0.15) is 0 Å². The van der Waals surface area contributed by atoms with Gasteiger partial charge in [0, 0.05) is 32.0 Å². The molecule has 16 heavy (non-hydrogen) atoms. The Balaban J connectivity index is 1.97. The third kappa shape index (κ3) is 2.73. The molecule has 0 amide bonds. The summed E-state index contributed by atoms with van der Waals surface area (Å²) >= 11 is 0. The van der Waals surface area contributed by atoms with Gasteiger partial charge in [-0.15, -0.1) is 0 Å². The van der Waals surface area contributed by atoms with Crippen molar-refractivity contribution >= 4 is 5.69 Å². The fourth-order valence-electron chi connectivity index (χ4n) is 2.15. The fourth-order valence-corrected chi connectivity index (χ4v) is 2.15. The largest absolute Gasteiger partial charge is 0.374 e. The molecule has 1 N–H and O–H groups in total. The van der Waals surface area contributed by atoms with Gasteiger partial charge >= 0.3 is 0 Å². The van der Waals surface area contributed by atoms with Crippen molar-refractivity contribution in [3.05, 3.63) is 24.0 Å². The molecule has 1 aliphatic carbocycles. The first-order chi connectivity index (χ1) is 7.79. The maximum atomic E-state index is 4.34. The van der Waals surface area contributed by atoms with E-state index in [1.54, 1.807) is 0 Å². The zero-order valence-electron chi connectivity index (χ0n) is 10.2. The van der Waals surface area contributed by atoms with Gasteiger partial charge < -0.3 is 10.2 Å². The molecule has 0 unspecified atom stereocenters. The fraction of sp³-hybridized carbons (Fsp3) is 0.615. The van der Waals surface area contributed by atoms with E-state index < -0.39 is 0 Å². The Kier molecular flexibility index (Phi) is 3.78. The van der Waals surface area contributed by atoms with Crippen LogP contribution < -0.4 is 10.2 Å². The minimum Gasteiger partial charge on any atom is -0.374 e. The van der Waals surface area contributed by atoms with Crippen molar-refractivity contribution in [1.82, 2.24) is 10.3 Å². The molecule has 0 saturated heterocycles. The van der Waals surface area contributed by atoms with Crippen molar-refractivity contribution < 1.29 is 0 Å². The van der Waals surface area contributed by atoms with Crippen molar-refractivity contribution in [3.8, 4) is 0 Å². The van der Waals surface area contributed by atoms with E-state index in [0.717, 1.165) is 18.2 Å². The molecule has 0 aromatic carbocycles. The lowest BCUT2D eigenvalue weighted by molar-refractivity contribution is 0.321. The summed E-state index contributed by atoms with van der Waals surface area (Å²) in [4.78, 5) is 6.69. The van der Waals surface area contributed by atoms with Gasteiger partial charge in [-0.05, 0) is 37.9 Å². The van der Waals surface area contributed by atoms with E-state index in [9.17, 15) is 0 Å². The molecular weight excluding hydrogens is 198 g/mol. The average molecular weight is 219 g/mol. The van der Waals surface area contributed by atoms with Crippen LogP contribution in [0.5, 0.6) is 0 Å². The first kappa shape index (κ1) is 11.4. The van der Waals surface area contributed by atoms with Gasteiger partial charge in [0.15, 0.2) is 0 Å². The maximum Gasteiger partial charge on any atom is 0.0562 e. The summed E-state index contributed by atoms with van der Waals surface area (Å²) in [5.41, 5.74) is 2.40. The highest BCUT2D eigenvalue weighted by atomic mass is 15.1. The maximum absolute atomic E-state index is 4.34. The molecule has 0 radical (unpaired) electrons. The van der Waals surface area contributed by atoms with Crippen LogP contribution in [0.4, 0.5) is 5.69 Å². The Morgan fingerprint density at radius 1 is 1.50 bits per heavy atom. The molecule has 1 fully saturated rings. The van der Waals surface area contributed by atoms with Gasteiger partial charge in [-0.3, -0.25) is 4.98 Å². The van der Waals surface area contributed by atoms with Crippen LogP contribution in [0.15, 0.2) is 18.3 Å². The van der Waals surface area contributed by atoms with Gasteiger partial charge in [0.25, 0.3) is 0 Å². The van der Waals surface area contributed by atoms with Gasteiger partial charge in [0.2, 0.25) is 0 Å². The minimum atomic E-state index is 0.838. The van der Waals surface area contributed by atoms with Crippen LogP contribution in [0.25, 0.3) is 0 Å². The van der Waals surface area contributed by atoms with Crippen molar-refractivity contribution in [2.45, 2.75) is 25.8 Å². The highest BCUT2D eigenvalue weighted by Gasteiger charge is 2.19. The van der Waals surface area contributed by atoms with E-state index in [1.165, 1.54) is 31.5 Å². The van der Waals surface area contributed by atoms with Crippen LogP contribution in [0.1, 0.15) is 25.0 Å².